The van der Waals surface area contributed by atoms with Crippen LogP contribution in [0.15, 0.2) is 47.9 Å². The van der Waals surface area contributed by atoms with E-state index in [0.717, 1.165) is 11.1 Å². The van der Waals surface area contributed by atoms with E-state index in [1.54, 1.807) is 35.9 Å². The molecule has 0 amide bonds. The van der Waals surface area contributed by atoms with Gasteiger partial charge in [-0.05, 0) is 30.7 Å². The van der Waals surface area contributed by atoms with Crippen LogP contribution in [-0.4, -0.2) is 4.57 Å². The van der Waals surface area contributed by atoms with Gasteiger partial charge in [0, 0.05) is 23.0 Å². The van der Waals surface area contributed by atoms with Crippen LogP contribution in [0, 0.1) is 12.7 Å². The Hall–Kier alpha value is -2.36. The summed E-state index contributed by atoms with van der Waals surface area (Å²) < 4.78 is 14.4. The quantitative estimate of drug-likeness (QED) is 0.918. The fourth-order valence-corrected chi connectivity index (χ4v) is 1.86. The zero-order valence-corrected chi connectivity index (χ0v) is 10.7. The second kappa shape index (κ2) is 5.10. The molecule has 2 aromatic rings. The highest BCUT2D eigenvalue weighted by molar-refractivity contribution is 5.59. The van der Waals surface area contributed by atoms with Crippen LogP contribution in [0.3, 0.4) is 0 Å². The Balaban J connectivity index is 2.41. The number of halogens is 1. The molecule has 0 aliphatic rings. The van der Waals surface area contributed by atoms with Crippen LogP contribution >= 0.6 is 0 Å². The third kappa shape index (κ3) is 2.91. The van der Waals surface area contributed by atoms with E-state index < -0.39 is 0 Å². The third-order valence-corrected chi connectivity index (χ3v) is 2.90. The van der Waals surface area contributed by atoms with Gasteiger partial charge < -0.3 is 10.3 Å². The molecule has 0 aliphatic carbocycles. The van der Waals surface area contributed by atoms with Gasteiger partial charge >= 0.3 is 0 Å². The smallest absolute Gasteiger partial charge is 0.253 e. The molecule has 0 saturated carbocycles. The number of benzene rings is 1. The van der Waals surface area contributed by atoms with Gasteiger partial charge in [0.15, 0.2) is 0 Å². The van der Waals surface area contributed by atoms with Crippen molar-refractivity contribution in [3.8, 4) is 0 Å². The molecule has 1 heterocycles. The molecule has 0 radical (unpaired) electrons. The van der Waals surface area contributed by atoms with Crippen molar-refractivity contribution >= 4 is 5.70 Å². The predicted molar refractivity (Wildman–Crippen MR) is 74.2 cm³/mol. The first kappa shape index (κ1) is 13.1. The molecule has 3 nitrogen and oxygen atoms in total. The first-order valence-electron chi connectivity index (χ1n) is 5.87. The zero-order valence-electron chi connectivity index (χ0n) is 10.7. The molecule has 0 fully saturated rings. The van der Waals surface area contributed by atoms with Crippen LogP contribution in [0.4, 0.5) is 4.39 Å². The van der Waals surface area contributed by atoms with E-state index in [0.29, 0.717) is 17.8 Å². The third-order valence-electron chi connectivity index (χ3n) is 2.90. The minimum absolute atomic E-state index is 0.0886. The molecule has 2 N–H and O–H groups in total. The Labute approximate surface area is 110 Å². The van der Waals surface area contributed by atoms with Crippen molar-refractivity contribution in [2.45, 2.75) is 13.5 Å². The highest BCUT2D eigenvalue weighted by atomic mass is 19.1. The summed E-state index contributed by atoms with van der Waals surface area (Å²) in [7, 11) is 0. The van der Waals surface area contributed by atoms with E-state index in [1.807, 2.05) is 0 Å². The molecule has 1 aromatic carbocycles. The number of pyridine rings is 1. The molecule has 0 saturated heterocycles. The van der Waals surface area contributed by atoms with Gasteiger partial charge in [0.2, 0.25) is 0 Å². The number of nitrogens with zero attached hydrogens (tertiary/aromatic N) is 1. The van der Waals surface area contributed by atoms with Crippen molar-refractivity contribution in [2.75, 3.05) is 0 Å². The summed E-state index contributed by atoms with van der Waals surface area (Å²) >= 11 is 0. The van der Waals surface area contributed by atoms with Crippen molar-refractivity contribution in [2.24, 2.45) is 5.73 Å². The average molecular weight is 258 g/mol. The van der Waals surface area contributed by atoms with Crippen LogP contribution in [0.25, 0.3) is 5.70 Å². The highest BCUT2D eigenvalue weighted by Gasteiger charge is 2.05. The molecule has 0 atom stereocenters. The maximum Gasteiger partial charge on any atom is 0.253 e. The lowest BCUT2D eigenvalue weighted by molar-refractivity contribution is 0.626. The van der Waals surface area contributed by atoms with E-state index in [4.69, 9.17) is 5.73 Å². The molecule has 0 bridgehead atoms. The maximum atomic E-state index is 12.8. The van der Waals surface area contributed by atoms with Gasteiger partial charge in [-0.1, -0.05) is 18.7 Å². The number of aryl methyl sites for hydroxylation is 1. The standard InChI is InChI=1S/C15H15FN2O/c1-10-7-13(11(2)17)9-18(15(10)19)8-12-3-5-14(16)6-4-12/h3-7,9H,2,8,17H2,1H3. The molecular weight excluding hydrogens is 243 g/mol. The molecular formula is C15H15FN2O. The Bertz CT molecular complexity index is 672. The molecule has 1 aromatic heterocycles. The van der Waals surface area contributed by atoms with E-state index in [2.05, 4.69) is 6.58 Å². The number of aromatic nitrogens is 1. The van der Waals surface area contributed by atoms with Crippen LogP contribution in [0.1, 0.15) is 16.7 Å². The van der Waals surface area contributed by atoms with Crippen molar-refractivity contribution in [3.05, 3.63) is 76.0 Å². The van der Waals surface area contributed by atoms with Gasteiger partial charge in [0.25, 0.3) is 5.56 Å². The van der Waals surface area contributed by atoms with E-state index >= 15 is 0 Å². The largest absolute Gasteiger partial charge is 0.399 e. The summed E-state index contributed by atoms with van der Waals surface area (Å²) in [6.45, 7) is 5.78. The normalized spacial score (nSPS) is 10.4. The van der Waals surface area contributed by atoms with E-state index in [-0.39, 0.29) is 11.4 Å². The lowest BCUT2D eigenvalue weighted by Crippen LogP contribution is -2.23. The number of rotatable bonds is 3. The summed E-state index contributed by atoms with van der Waals surface area (Å²) in [6, 6.07) is 7.77. The van der Waals surface area contributed by atoms with Gasteiger partial charge in [0.05, 0.1) is 6.54 Å². The molecule has 4 heteroatoms. The topological polar surface area (TPSA) is 48.0 Å². The van der Waals surface area contributed by atoms with Crippen molar-refractivity contribution in [1.29, 1.82) is 0 Å². The second-order valence-electron chi connectivity index (χ2n) is 4.50. The molecule has 19 heavy (non-hydrogen) atoms. The predicted octanol–water partition coefficient (Wildman–Crippen LogP) is 2.27. The Morgan fingerprint density at radius 1 is 1.37 bits per heavy atom. The molecule has 2 rings (SSSR count). The molecule has 0 aliphatic heterocycles. The van der Waals surface area contributed by atoms with Crippen LogP contribution < -0.4 is 11.3 Å². The lowest BCUT2D eigenvalue weighted by Gasteiger charge is -2.10. The number of hydrogen-bond donors (Lipinski definition) is 1. The average Bonchev–Trinajstić information content (AvgIpc) is 2.37. The minimum atomic E-state index is -0.295. The van der Waals surface area contributed by atoms with Gasteiger partial charge in [-0.25, -0.2) is 4.39 Å². The molecule has 98 valence electrons. The van der Waals surface area contributed by atoms with E-state index in [1.165, 1.54) is 12.1 Å². The van der Waals surface area contributed by atoms with Crippen LogP contribution in [-0.2, 0) is 6.54 Å². The summed E-state index contributed by atoms with van der Waals surface area (Å²) in [5.74, 6) is -0.295. The highest BCUT2D eigenvalue weighted by Crippen LogP contribution is 2.09. The summed E-state index contributed by atoms with van der Waals surface area (Å²) in [5, 5.41) is 0. The monoisotopic (exact) mass is 258 g/mol. The summed E-state index contributed by atoms with van der Waals surface area (Å²) in [5.41, 5.74) is 8.15. The maximum absolute atomic E-state index is 12.8. The van der Waals surface area contributed by atoms with Crippen molar-refractivity contribution in [3.63, 3.8) is 0 Å². The summed E-state index contributed by atoms with van der Waals surface area (Å²) in [4.78, 5) is 12.0. The van der Waals surface area contributed by atoms with Crippen LogP contribution in [0.2, 0.25) is 0 Å². The fourth-order valence-electron chi connectivity index (χ4n) is 1.86. The first-order chi connectivity index (χ1) is 8.97. The summed E-state index contributed by atoms with van der Waals surface area (Å²) in [6.07, 6.45) is 1.67. The molecule has 0 unspecified atom stereocenters. The Morgan fingerprint density at radius 2 is 2.00 bits per heavy atom. The van der Waals surface area contributed by atoms with Gasteiger partial charge in [-0.3, -0.25) is 4.79 Å². The van der Waals surface area contributed by atoms with E-state index in [9.17, 15) is 9.18 Å². The van der Waals surface area contributed by atoms with Crippen molar-refractivity contribution < 1.29 is 4.39 Å². The number of hydrogen-bond acceptors (Lipinski definition) is 2. The SMILES string of the molecule is C=C(N)c1cc(C)c(=O)n(Cc2ccc(F)cc2)c1. The fraction of sp³-hybridized carbons (Fsp3) is 0.133. The second-order valence-corrected chi connectivity index (χ2v) is 4.50. The Kier molecular flexibility index (Phi) is 3.51. The van der Waals surface area contributed by atoms with Crippen LogP contribution in [0.5, 0.6) is 0 Å². The number of nitrogens with two attached hydrogens (primary N) is 1. The van der Waals surface area contributed by atoms with Gasteiger partial charge in [0.1, 0.15) is 5.82 Å². The lowest BCUT2D eigenvalue weighted by atomic mass is 10.1. The van der Waals surface area contributed by atoms with Gasteiger partial charge in [-0.15, -0.1) is 0 Å². The van der Waals surface area contributed by atoms with Crippen molar-refractivity contribution in [1.82, 2.24) is 4.57 Å². The Morgan fingerprint density at radius 3 is 2.58 bits per heavy atom. The molecule has 0 spiro atoms. The van der Waals surface area contributed by atoms with Gasteiger partial charge in [-0.2, -0.15) is 0 Å². The first-order valence-corrected chi connectivity index (χ1v) is 5.87. The minimum Gasteiger partial charge on any atom is -0.399 e. The zero-order chi connectivity index (χ0) is 14.0.